The Morgan fingerprint density at radius 3 is 1.66 bits per heavy atom. The van der Waals surface area contributed by atoms with Crippen LogP contribution in [-0.2, 0) is 0 Å². The molecule has 4 heteroatoms. The molecule has 0 atom stereocenters. The van der Waals surface area contributed by atoms with Gasteiger partial charge in [-0.2, -0.15) is 0 Å². The van der Waals surface area contributed by atoms with Crippen LogP contribution in [0.3, 0.4) is 0 Å². The fourth-order valence-corrected chi connectivity index (χ4v) is 5.87. The summed E-state index contributed by atoms with van der Waals surface area (Å²) in [6.45, 7) is 0.150. The molecule has 0 aromatic heterocycles. The van der Waals surface area contributed by atoms with E-state index in [1.807, 2.05) is 0 Å². The molecule has 0 radical (unpaired) electrons. The quantitative estimate of drug-likeness (QED) is 0.415. The monoisotopic (exact) mass is 370 g/mol. The van der Waals surface area contributed by atoms with Gasteiger partial charge in [-0.1, -0.05) is 48.5 Å². The molecule has 0 unspecified atom stereocenters. The SMILES string of the molecule is CN1c2cccc3c2N2B4c5c(cccc5-3)Oc3cccc(c34)-c3cccc1c32. The molecule has 0 spiro atoms. The largest absolute Gasteiger partial charge is 0.458 e. The Morgan fingerprint density at radius 2 is 1.10 bits per heavy atom. The number of benzene rings is 4. The molecule has 4 aliphatic rings. The third kappa shape index (κ3) is 1.43. The lowest BCUT2D eigenvalue weighted by atomic mass is 9.41. The molecule has 0 fully saturated rings. The molecule has 0 amide bonds. The molecule has 4 aromatic carbocycles. The van der Waals surface area contributed by atoms with Crippen molar-refractivity contribution in [2.75, 3.05) is 16.8 Å². The molecular weight excluding hydrogens is 355 g/mol. The van der Waals surface area contributed by atoms with Gasteiger partial charge in [0.05, 0.1) is 22.7 Å². The van der Waals surface area contributed by atoms with Crippen molar-refractivity contribution in [1.82, 2.24) is 0 Å². The Labute approximate surface area is 168 Å². The molecular formula is C25H15BN2O. The van der Waals surface area contributed by atoms with Crippen molar-refractivity contribution < 1.29 is 4.74 Å². The summed E-state index contributed by atoms with van der Waals surface area (Å²) in [5.74, 6) is 1.96. The number of nitrogens with zero attached hydrogens (tertiary/aromatic N) is 2. The van der Waals surface area contributed by atoms with E-state index in [0.717, 1.165) is 11.5 Å². The van der Waals surface area contributed by atoms with Crippen molar-refractivity contribution in [3.05, 3.63) is 72.8 Å². The fourth-order valence-electron chi connectivity index (χ4n) is 5.87. The van der Waals surface area contributed by atoms with Crippen LogP contribution in [0.5, 0.6) is 11.5 Å². The van der Waals surface area contributed by atoms with Crippen molar-refractivity contribution in [2.45, 2.75) is 0 Å². The Balaban J connectivity index is 1.65. The first kappa shape index (κ1) is 14.4. The Morgan fingerprint density at radius 1 is 0.621 bits per heavy atom. The van der Waals surface area contributed by atoms with Crippen molar-refractivity contribution in [3.63, 3.8) is 0 Å². The highest BCUT2D eigenvalue weighted by molar-refractivity contribution is 6.94. The number of para-hydroxylation sites is 2. The summed E-state index contributed by atoms with van der Waals surface area (Å²) >= 11 is 0. The van der Waals surface area contributed by atoms with Gasteiger partial charge in [-0.05, 0) is 35.4 Å². The lowest BCUT2D eigenvalue weighted by Crippen LogP contribution is -2.62. The summed E-state index contributed by atoms with van der Waals surface area (Å²) in [6.07, 6.45) is 0. The van der Waals surface area contributed by atoms with Crippen LogP contribution in [0.15, 0.2) is 72.8 Å². The fraction of sp³-hybridized carbons (Fsp3) is 0.0400. The van der Waals surface area contributed by atoms with Crippen molar-refractivity contribution in [1.29, 1.82) is 0 Å². The van der Waals surface area contributed by atoms with E-state index in [-0.39, 0.29) is 6.85 Å². The number of ether oxygens (including phenoxy) is 1. The Bertz CT molecular complexity index is 1320. The van der Waals surface area contributed by atoms with Crippen molar-refractivity contribution in [2.24, 2.45) is 0 Å². The van der Waals surface area contributed by atoms with E-state index in [2.05, 4.69) is 89.6 Å². The van der Waals surface area contributed by atoms with Crippen LogP contribution in [-0.4, -0.2) is 13.9 Å². The lowest BCUT2D eigenvalue weighted by Gasteiger charge is -2.50. The van der Waals surface area contributed by atoms with Crippen LogP contribution >= 0.6 is 0 Å². The normalized spacial score (nSPS) is 15.1. The number of hydrogen-bond acceptors (Lipinski definition) is 3. The molecule has 3 nitrogen and oxygen atoms in total. The van der Waals surface area contributed by atoms with E-state index in [9.17, 15) is 0 Å². The minimum absolute atomic E-state index is 0.150. The van der Waals surface area contributed by atoms with Gasteiger partial charge in [0.2, 0.25) is 0 Å². The first-order chi connectivity index (χ1) is 14.3. The highest BCUT2D eigenvalue weighted by Crippen LogP contribution is 2.58. The highest BCUT2D eigenvalue weighted by Gasteiger charge is 2.50. The van der Waals surface area contributed by atoms with Crippen LogP contribution < -0.4 is 25.4 Å². The molecule has 134 valence electrons. The summed E-state index contributed by atoms with van der Waals surface area (Å²) in [7, 11) is 2.18. The lowest BCUT2D eigenvalue weighted by molar-refractivity contribution is 0.487. The van der Waals surface area contributed by atoms with E-state index in [1.54, 1.807) is 0 Å². The summed E-state index contributed by atoms with van der Waals surface area (Å²) in [4.78, 5) is 4.92. The first-order valence-corrected chi connectivity index (χ1v) is 10.1. The average Bonchev–Trinajstić information content (AvgIpc) is 2.77. The number of hydrogen-bond donors (Lipinski definition) is 0. The van der Waals surface area contributed by atoms with Gasteiger partial charge in [-0.15, -0.1) is 0 Å². The molecule has 4 heterocycles. The van der Waals surface area contributed by atoms with Gasteiger partial charge in [0.15, 0.2) is 0 Å². The molecule has 0 saturated heterocycles. The minimum atomic E-state index is 0.150. The standard InChI is InChI=1S/C25H15BN2O/c1-27-18-10-2-8-16-14-6-4-12-20-22(14)26-23-15(7-5-13-21(23)29-20)17-9-3-11-19(27)25(17)28(26)24(16)18/h2-13H,1H3. The van der Waals surface area contributed by atoms with Crippen LogP contribution in [0.25, 0.3) is 22.3 Å². The second kappa shape index (κ2) is 4.49. The molecule has 4 aromatic rings. The van der Waals surface area contributed by atoms with E-state index >= 15 is 0 Å². The Kier molecular flexibility index (Phi) is 2.22. The van der Waals surface area contributed by atoms with Gasteiger partial charge >= 0.3 is 6.85 Å². The van der Waals surface area contributed by atoms with Gasteiger partial charge in [0.1, 0.15) is 11.5 Å². The maximum Gasteiger partial charge on any atom is 0.337 e. The van der Waals surface area contributed by atoms with Crippen LogP contribution in [0.2, 0.25) is 0 Å². The zero-order valence-electron chi connectivity index (χ0n) is 15.8. The second-order valence-corrected chi connectivity index (χ2v) is 8.21. The van der Waals surface area contributed by atoms with E-state index in [0.29, 0.717) is 0 Å². The number of fused-ring (bicyclic) bond motifs is 2. The summed E-state index contributed by atoms with van der Waals surface area (Å²) in [5, 5.41) is 0. The van der Waals surface area contributed by atoms with Crippen LogP contribution in [0.4, 0.5) is 22.7 Å². The zero-order chi connectivity index (χ0) is 18.9. The molecule has 0 bridgehead atoms. The van der Waals surface area contributed by atoms with E-state index in [1.165, 1.54) is 55.9 Å². The molecule has 29 heavy (non-hydrogen) atoms. The summed E-state index contributed by atoms with van der Waals surface area (Å²) in [5.41, 5.74) is 12.9. The first-order valence-electron chi connectivity index (χ1n) is 10.1. The van der Waals surface area contributed by atoms with Gasteiger partial charge in [0.25, 0.3) is 0 Å². The van der Waals surface area contributed by atoms with Gasteiger partial charge in [-0.3, -0.25) is 0 Å². The maximum absolute atomic E-state index is 6.45. The third-order valence-corrected chi connectivity index (χ3v) is 6.97. The predicted octanol–water partition coefficient (Wildman–Crippen LogP) is 4.78. The number of anilines is 4. The predicted molar refractivity (Wildman–Crippen MR) is 119 cm³/mol. The van der Waals surface area contributed by atoms with Crippen LogP contribution in [0, 0.1) is 0 Å². The highest BCUT2D eigenvalue weighted by atomic mass is 16.5. The topological polar surface area (TPSA) is 15.7 Å². The molecule has 0 N–H and O–H groups in total. The summed E-state index contributed by atoms with van der Waals surface area (Å²) < 4.78 is 6.45. The molecule has 0 saturated carbocycles. The smallest absolute Gasteiger partial charge is 0.337 e. The van der Waals surface area contributed by atoms with Crippen LogP contribution in [0.1, 0.15) is 0 Å². The minimum Gasteiger partial charge on any atom is -0.458 e. The molecule has 4 aliphatic heterocycles. The summed E-state index contributed by atoms with van der Waals surface area (Å²) in [6, 6.07) is 26.3. The number of rotatable bonds is 0. The average molecular weight is 370 g/mol. The maximum atomic E-state index is 6.45. The third-order valence-electron chi connectivity index (χ3n) is 6.97. The van der Waals surface area contributed by atoms with Crippen molar-refractivity contribution in [3.8, 4) is 33.8 Å². The van der Waals surface area contributed by atoms with E-state index < -0.39 is 0 Å². The zero-order valence-corrected chi connectivity index (χ0v) is 15.8. The van der Waals surface area contributed by atoms with Gasteiger partial charge < -0.3 is 14.4 Å². The van der Waals surface area contributed by atoms with E-state index in [4.69, 9.17) is 4.74 Å². The van der Waals surface area contributed by atoms with Crippen molar-refractivity contribution >= 4 is 40.5 Å². The molecule has 8 rings (SSSR count). The van der Waals surface area contributed by atoms with Gasteiger partial charge in [-0.25, -0.2) is 0 Å². The second-order valence-electron chi connectivity index (χ2n) is 8.21. The molecule has 0 aliphatic carbocycles. The van der Waals surface area contributed by atoms with Gasteiger partial charge in [0, 0.05) is 29.1 Å². The Hall–Kier alpha value is -3.66.